The van der Waals surface area contributed by atoms with E-state index in [-0.39, 0.29) is 10.1 Å². The lowest BCUT2D eigenvalue weighted by Crippen LogP contribution is -2.40. The predicted octanol–water partition coefficient (Wildman–Crippen LogP) is 2.00. The highest BCUT2D eigenvalue weighted by molar-refractivity contribution is 9.10. The van der Waals surface area contributed by atoms with Crippen LogP contribution in [0.2, 0.25) is 0 Å². The standard InChI is InChI=1S/C11H13BrF3NO4S/c1-20-9-3-2-8(12)6-10(9)21(18,19)16(4-5-17)7-11(13,14)15/h2-3,6,17H,4-5,7H2,1H3. The summed E-state index contributed by atoms with van der Waals surface area (Å²) >= 11 is 3.06. The van der Waals surface area contributed by atoms with Gasteiger partial charge in [0.2, 0.25) is 10.0 Å². The van der Waals surface area contributed by atoms with E-state index in [0.717, 1.165) is 6.07 Å². The maximum Gasteiger partial charge on any atom is 0.402 e. The lowest BCUT2D eigenvalue weighted by Gasteiger charge is -2.23. The minimum Gasteiger partial charge on any atom is -0.495 e. The van der Waals surface area contributed by atoms with Crippen LogP contribution in [0.1, 0.15) is 0 Å². The van der Waals surface area contributed by atoms with Crippen LogP contribution in [0.4, 0.5) is 13.2 Å². The molecule has 1 aromatic carbocycles. The number of ether oxygens (including phenoxy) is 1. The van der Waals surface area contributed by atoms with Crippen molar-refractivity contribution in [2.75, 3.05) is 26.8 Å². The van der Waals surface area contributed by atoms with E-state index in [9.17, 15) is 21.6 Å². The number of halogens is 4. The van der Waals surface area contributed by atoms with Gasteiger partial charge < -0.3 is 9.84 Å². The molecule has 0 saturated carbocycles. The van der Waals surface area contributed by atoms with Gasteiger partial charge in [0.05, 0.1) is 13.7 Å². The molecule has 0 aromatic heterocycles. The van der Waals surface area contributed by atoms with Gasteiger partial charge in [0.15, 0.2) is 0 Å². The number of hydrogen-bond acceptors (Lipinski definition) is 4. The molecule has 0 spiro atoms. The van der Waals surface area contributed by atoms with Crippen LogP contribution in [0.15, 0.2) is 27.6 Å². The molecule has 0 aliphatic heterocycles. The maximum absolute atomic E-state index is 12.5. The molecule has 0 atom stereocenters. The van der Waals surface area contributed by atoms with Crippen LogP contribution in [0.25, 0.3) is 0 Å². The Morgan fingerprint density at radius 1 is 1.38 bits per heavy atom. The van der Waals surface area contributed by atoms with Gasteiger partial charge in [0, 0.05) is 11.0 Å². The van der Waals surface area contributed by atoms with Gasteiger partial charge in [0.1, 0.15) is 17.2 Å². The Morgan fingerprint density at radius 3 is 2.48 bits per heavy atom. The summed E-state index contributed by atoms with van der Waals surface area (Å²) in [6.45, 7) is -3.09. The number of methoxy groups -OCH3 is 1. The zero-order chi connectivity index (χ0) is 16.3. The number of aliphatic hydroxyl groups is 1. The second-order valence-corrected chi connectivity index (χ2v) is 6.79. The summed E-state index contributed by atoms with van der Waals surface area (Å²) in [4.78, 5) is -0.405. The molecule has 0 aliphatic carbocycles. The fourth-order valence-corrected chi connectivity index (χ4v) is 3.70. The Kier molecular flexibility index (Phi) is 6.02. The zero-order valence-corrected chi connectivity index (χ0v) is 13.3. The molecular formula is C11H13BrF3NO4S. The highest BCUT2D eigenvalue weighted by Gasteiger charge is 2.37. The molecule has 0 aliphatic rings. The minimum atomic E-state index is -4.72. The van der Waals surface area contributed by atoms with Gasteiger partial charge in [-0.25, -0.2) is 8.42 Å². The van der Waals surface area contributed by atoms with E-state index in [1.165, 1.54) is 19.2 Å². The monoisotopic (exact) mass is 391 g/mol. The summed E-state index contributed by atoms with van der Waals surface area (Å²) in [6, 6.07) is 3.97. The summed E-state index contributed by atoms with van der Waals surface area (Å²) in [6.07, 6.45) is -4.72. The topological polar surface area (TPSA) is 66.8 Å². The lowest BCUT2D eigenvalue weighted by atomic mass is 10.3. The molecule has 1 aromatic rings. The average molecular weight is 392 g/mol. The number of aliphatic hydroxyl groups excluding tert-OH is 1. The van der Waals surface area contributed by atoms with Crippen molar-refractivity contribution in [3.05, 3.63) is 22.7 Å². The Balaban J connectivity index is 3.32. The lowest BCUT2D eigenvalue weighted by molar-refractivity contribution is -0.136. The summed E-state index contributed by atoms with van der Waals surface area (Å²) < 4.78 is 67.6. The molecule has 0 fully saturated rings. The van der Waals surface area contributed by atoms with Crippen molar-refractivity contribution in [3.63, 3.8) is 0 Å². The normalized spacial score (nSPS) is 12.7. The molecule has 1 N–H and O–H groups in total. The minimum absolute atomic E-state index is 0.0803. The third kappa shape index (κ3) is 4.83. The van der Waals surface area contributed by atoms with Crippen LogP contribution < -0.4 is 4.74 Å². The number of benzene rings is 1. The van der Waals surface area contributed by atoms with E-state index in [1.807, 2.05) is 0 Å². The molecule has 1 rings (SSSR count). The first-order valence-electron chi connectivity index (χ1n) is 5.63. The molecule has 0 saturated heterocycles. The fourth-order valence-electron chi connectivity index (χ4n) is 1.59. The molecule has 0 amide bonds. The van der Waals surface area contributed by atoms with Crippen LogP contribution in [0, 0.1) is 0 Å². The third-order valence-corrected chi connectivity index (χ3v) is 4.81. The quantitative estimate of drug-likeness (QED) is 0.805. The first-order chi connectivity index (χ1) is 9.61. The van der Waals surface area contributed by atoms with Crippen LogP contribution in [0.3, 0.4) is 0 Å². The second-order valence-electron chi connectivity index (χ2n) is 3.97. The molecule has 0 heterocycles. The van der Waals surface area contributed by atoms with Crippen molar-refractivity contribution in [1.29, 1.82) is 0 Å². The number of sulfonamides is 1. The number of alkyl halides is 3. The van der Waals surface area contributed by atoms with Gasteiger partial charge in [-0.2, -0.15) is 17.5 Å². The smallest absolute Gasteiger partial charge is 0.402 e. The van der Waals surface area contributed by atoms with E-state index in [4.69, 9.17) is 9.84 Å². The van der Waals surface area contributed by atoms with E-state index in [0.29, 0.717) is 4.47 Å². The van der Waals surface area contributed by atoms with Crippen LogP contribution in [-0.2, 0) is 10.0 Å². The molecule has 0 bridgehead atoms. The highest BCUT2D eigenvalue weighted by Crippen LogP contribution is 2.31. The molecule has 10 heteroatoms. The van der Waals surface area contributed by atoms with E-state index in [2.05, 4.69) is 15.9 Å². The predicted molar refractivity (Wildman–Crippen MR) is 72.6 cm³/mol. The van der Waals surface area contributed by atoms with Gasteiger partial charge in [-0.05, 0) is 18.2 Å². The van der Waals surface area contributed by atoms with Gasteiger partial charge in [-0.1, -0.05) is 15.9 Å². The molecular weight excluding hydrogens is 379 g/mol. The fraction of sp³-hybridized carbons (Fsp3) is 0.455. The van der Waals surface area contributed by atoms with Crippen molar-refractivity contribution in [3.8, 4) is 5.75 Å². The SMILES string of the molecule is COc1ccc(Br)cc1S(=O)(=O)N(CCO)CC(F)(F)F. The molecule has 0 unspecified atom stereocenters. The summed E-state index contributed by atoms with van der Waals surface area (Å²) in [5.41, 5.74) is 0. The average Bonchev–Trinajstić information content (AvgIpc) is 2.36. The van der Waals surface area contributed by atoms with Crippen molar-refractivity contribution < 1.29 is 31.4 Å². The highest BCUT2D eigenvalue weighted by atomic mass is 79.9. The number of rotatable bonds is 6. The van der Waals surface area contributed by atoms with Crippen LogP contribution >= 0.6 is 15.9 Å². The summed E-state index contributed by atoms with van der Waals surface area (Å²) in [7, 11) is -3.25. The summed E-state index contributed by atoms with van der Waals surface area (Å²) in [5, 5.41) is 8.81. The van der Waals surface area contributed by atoms with E-state index in [1.54, 1.807) is 0 Å². The Morgan fingerprint density at radius 2 is 2.00 bits per heavy atom. The second kappa shape index (κ2) is 6.95. The first-order valence-corrected chi connectivity index (χ1v) is 7.86. The van der Waals surface area contributed by atoms with Crippen molar-refractivity contribution >= 4 is 26.0 Å². The van der Waals surface area contributed by atoms with Gasteiger partial charge in [-0.3, -0.25) is 0 Å². The zero-order valence-electron chi connectivity index (χ0n) is 10.9. The molecule has 0 radical (unpaired) electrons. The maximum atomic E-state index is 12.5. The van der Waals surface area contributed by atoms with Crippen molar-refractivity contribution in [2.45, 2.75) is 11.1 Å². The molecule has 5 nitrogen and oxygen atoms in total. The van der Waals surface area contributed by atoms with Crippen molar-refractivity contribution in [2.24, 2.45) is 0 Å². The van der Waals surface area contributed by atoms with Gasteiger partial charge >= 0.3 is 6.18 Å². The Labute approximate surface area is 128 Å². The molecule has 120 valence electrons. The van der Waals surface area contributed by atoms with Gasteiger partial charge in [0.25, 0.3) is 0 Å². The van der Waals surface area contributed by atoms with Crippen LogP contribution in [-0.4, -0.2) is 50.8 Å². The van der Waals surface area contributed by atoms with E-state index < -0.39 is 40.8 Å². The Bertz CT molecular complexity index is 592. The summed E-state index contributed by atoms with van der Waals surface area (Å²) in [5.74, 6) is -0.0803. The number of nitrogens with zero attached hydrogens (tertiary/aromatic N) is 1. The van der Waals surface area contributed by atoms with Crippen molar-refractivity contribution in [1.82, 2.24) is 4.31 Å². The van der Waals surface area contributed by atoms with E-state index >= 15 is 0 Å². The van der Waals surface area contributed by atoms with Crippen LogP contribution in [0.5, 0.6) is 5.75 Å². The molecule has 21 heavy (non-hydrogen) atoms. The first kappa shape index (κ1) is 18.2. The Hall–Kier alpha value is -0.840. The largest absolute Gasteiger partial charge is 0.495 e. The van der Waals surface area contributed by atoms with Gasteiger partial charge in [-0.15, -0.1) is 0 Å². The number of hydrogen-bond donors (Lipinski definition) is 1. The third-order valence-electron chi connectivity index (χ3n) is 2.45.